The van der Waals surface area contributed by atoms with Crippen molar-refractivity contribution in [1.29, 1.82) is 0 Å². The minimum Gasteiger partial charge on any atom is -0.446 e. The lowest BCUT2D eigenvalue weighted by Crippen LogP contribution is -2.38. The molecule has 0 saturated heterocycles. The van der Waals surface area contributed by atoms with Gasteiger partial charge in [0.15, 0.2) is 0 Å². The van der Waals surface area contributed by atoms with Crippen LogP contribution in [0.25, 0.3) is 0 Å². The zero-order valence-corrected chi connectivity index (χ0v) is 10.6. The molecular weight excluding hydrogens is 263 g/mol. The van der Waals surface area contributed by atoms with Crippen LogP contribution in [0, 0.1) is 0 Å². The number of rotatable bonds is 6. The standard InChI is InChI=1S/C9H15N2O6P/c1-18(15,16)9(13)6-10-5-7(12)11(14)8-3-2-4-17-8/h2-4,9-10,13-14H,5-6H2,1H3,(H,15,16). The number of aliphatic hydroxyl groups excluding tert-OH is 1. The average Bonchev–Trinajstić information content (AvgIpc) is 2.79. The van der Waals surface area contributed by atoms with Crippen LogP contribution in [-0.4, -0.2) is 46.7 Å². The summed E-state index contributed by atoms with van der Waals surface area (Å²) in [6.45, 7) is 0.471. The Labute approximate surface area is 103 Å². The Morgan fingerprint density at radius 1 is 1.67 bits per heavy atom. The molecule has 2 unspecified atom stereocenters. The van der Waals surface area contributed by atoms with Crippen LogP contribution in [0.4, 0.5) is 5.88 Å². The third-order valence-electron chi connectivity index (χ3n) is 2.11. The molecule has 0 aliphatic rings. The highest BCUT2D eigenvalue weighted by Crippen LogP contribution is 2.39. The van der Waals surface area contributed by atoms with Gasteiger partial charge in [-0.2, -0.15) is 5.06 Å². The molecule has 0 radical (unpaired) electrons. The van der Waals surface area contributed by atoms with Crippen LogP contribution in [-0.2, 0) is 9.36 Å². The van der Waals surface area contributed by atoms with E-state index in [0.717, 1.165) is 6.66 Å². The normalized spacial score (nSPS) is 16.0. The molecule has 1 rings (SSSR count). The summed E-state index contributed by atoms with van der Waals surface area (Å²) in [5.74, 6) is -2.22. The Kier molecular flexibility index (Phi) is 5.06. The maximum absolute atomic E-state index is 11.4. The van der Waals surface area contributed by atoms with E-state index < -0.39 is 19.1 Å². The number of amides is 1. The average molecular weight is 278 g/mol. The molecule has 0 spiro atoms. The van der Waals surface area contributed by atoms with E-state index in [1.54, 1.807) is 0 Å². The van der Waals surface area contributed by atoms with E-state index in [-0.39, 0.29) is 19.0 Å². The van der Waals surface area contributed by atoms with Gasteiger partial charge in [-0.3, -0.25) is 14.6 Å². The molecule has 0 aliphatic heterocycles. The van der Waals surface area contributed by atoms with Crippen LogP contribution in [0.3, 0.4) is 0 Å². The van der Waals surface area contributed by atoms with E-state index in [2.05, 4.69) is 5.32 Å². The zero-order valence-electron chi connectivity index (χ0n) is 9.68. The van der Waals surface area contributed by atoms with Crippen LogP contribution in [0.1, 0.15) is 0 Å². The van der Waals surface area contributed by atoms with Gasteiger partial charge in [0.25, 0.3) is 5.91 Å². The van der Waals surface area contributed by atoms with Crippen molar-refractivity contribution in [3.8, 4) is 0 Å². The minimum absolute atomic E-state index is 0.0364. The molecule has 0 saturated carbocycles. The second-order valence-corrected chi connectivity index (χ2v) is 6.19. The van der Waals surface area contributed by atoms with Gasteiger partial charge in [-0.25, -0.2) is 0 Å². The molecule has 9 heteroatoms. The summed E-state index contributed by atoms with van der Waals surface area (Å²) in [6, 6.07) is 2.89. The fourth-order valence-electron chi connectivity index (χ4n) is 1.07. The molecule has 0 aromatic carbocycles. The predicted octanol–water partition coefficient (Wildman–Crippen LogP) is -0.190. The highest BCUT2D eigenvalue weighted by Gasteiger charge is 2.23. The third kappa shape index (κ3) is 4.25. The number of hydrogen-bond acceptors (Lipinski definition) is 6. The number of aliphatic hydroxyl groups is 1. The maximum Gasteiger partial charge on any atom is 0.267 e. The van der Waals surface area contributed by atoms with Gasteiger partial charge in [-0.1, -0.05) is 0 Å². The van der Waals surface area contributed by atoms with E-state index >= 15 is 0 Å². The molecule has 18 heavy (non-hydrogen) atoms. The van der Waals surface area contributed by atoms with Crippen LogP contribution in [0.15, 0.2) is 22.8 Å². The smallest absolute Gasteiger partial charge is 0.267 e. The first-order valence-electron chi connectivity index (χ1n) is 5.06. The molecule has 4 N–H and O–H groups in total. The monoisotopic (exact) mass is 278 g/mol. The van der Waals surface area contributed by atoms with E-state index in [1.165, 1.54) is 18.4 Å². The molecule has 1 aromatic heterocycles. The lowest BCUT2D eigenvalue weighted by Gasteiger charge is -2.16. The largest absolute Gasteiger partial charge is 0.446 e. The molecule has 102 valence electrons. The summed E-state index contributed by atoms with van der Waals surface area (Å²) in [7, 11) is -3.60. The Morgan fingerprint density at radius 3 is 2.83 bits per heavy atom. The molecule has 0 aliphatic carbocycles. The SMILES string of the molecule is CP(=O)(O)C(O)CNCC(=O)N(O)c1ccco1. The van der Waals surface area contributed by atoms with E-state index in [0.29, 0.717) is 5.06 Å². The molecule has 2 atom stereocenters. The van der Waals surface area contributed by atoms with Gasteiger partial charge in [0.05, 0.1) is 12.8 Å². The molecular formula is C9H15N2O6P. The van der Waals surface area contributed by atoms with Crippen molar-refractivity contribution in [1.82, 2.24) is 5.32 Å². The minimum atomic E-state index is -3.60. The number of nitrogens with one attached hydrogen (secondary N) is 1. The fraction of sp³-hybridized carbons (Fsp3) is 0.444. The second kappa shape index (κ2) is 6.12. The Balaban J connectivity index is 2.36. The molecule has 0 bridgehead atoms. The topological polar surface area (TPSA) is 123 Å². The summed E-state index contributed by atoms with van der Waals surface area (Å²) < 4.78 is 15.8. The molecule has 1 aromatic rings. The Bertz CT molecular complexity index is 428. The fourth-order valence-corrected chi connectivity index (χ4v) is 1.53. The van der Waals surface area contributed by atoms with E-state index in [4.69, 9.17) is 9.31 Å². The van der Waals surface area contributed by atoms with E-state index in [9.17, 15) is 19.7 Å². The maximum atomic E-state index is 11.4. The van der Waals surface area contributed by atoms with Crippen molar-refractivity contribution in [3.05, 3.63) is 18.4 Å². The number of hydroxylamine groups is 1. The lowest BCUT2D eigenvalue weighted by atomic mass is 10.5. The Morgan fingerprint density at radius 2 is 2.33 bits per heavy atom. The number of anilines is 1. The summed E-state index contributed by atoms with van der Waals surface area (Å²) >= 11 is 0. The summed E-state index contributed by atoms with van der Waals surface area (Å²) in [4.78, 5) is 20.4. The van der Waals surface area contributed by atoms with Gasteiger partial charge in [0, 0.05) is 19.3 Å². The van der Waals surface area contributed by atoms with Gasteiger partial charge < -0.3 is 19.7 Å². The van der Waals surface area contributed by atoms with Crippen LogP contribution in [0.5, 0.6) is 0 Å². The van der Waals surface area contributed by atoms with Gasteiger partial charge in [-0.05, 0) is 6.07 Å². The van der Waals surface area contributed by atoms with Crippen molar-refractivity contribution >= 4 is 19.2 Å². The van der Waals surface area contributed by atoms with Crippen molar-refractivity contribution in [2.75, 3.05) is 24.8 Å². The van der Waals surface area contributed by atoms with Crippen molar-refractivity contribution < 1.29 is 29.0 Å². The highest BCUT2D eigenvalue weighted by molar-refractivity contribution is 7.57. The van der Waals surface area contributed by atoms with Crippen LogP contribution in [0.2, 0.25) is 0 Å². The third-order valence-corrected chi connectivity index (χ3v) is 3.40. The first kappa shape index (κ1) is 14.9. The number of carbonyl (C=O) groups is 1. The summed E-state index contributed by atoms with van der Waals surface area (Å²) in [6.07, 6.45) is 1.29. The second-order valence-electron chi connectivity index (χ2n) is 3.71. The molecule has 1 heterocycles. The number of hydrogen-bond donors (Lipinski definition) is 4. The first-order chi connectivity index (χ1) is 8.32. The van der Waals surface area contributed by atoms with Crippen LogP contribution < -0.4 is 10.4 Å². The van der Waals surface area contributed by atoms with E-state index in [1.807, 2.05) is 0 Å². The number of nitrogens with zero attached hydrogens (tertiary/aromatic N) is 1. The van der Waals surface area contributed by atoms with Crippen molar-refractivity contribution in [3.63, 3.8) is 0 Å². The number of furan rings is 1. The van der Waals surface area contributed by atoms with Gasteiger partial charge in [0.2, 0.25) is 13.3 Å². The predicted molar refractivity (Wildman–Crippen MR) is 62.6 cm³/mol. The Hall–Kier alpha value is -1.18. The first-order valence-corrected chi connectivity index (χ1v) is 7.24. The summed E-state index contributed by atoms with van der Waals surface area (Å²) in [5.41, 5.74) is 0. The quantitative estimate of drug-likeness (QED) is 0.323. The zero-order chi connectivity index (χ0) is 13.8. The van der Waals surface area contributed by atoms with Crippen molar-refractivity contribution in [2.45, 2.75) is 5.85 Å². The molecule has 1 amide bonds. The van der Waals surface area contributed by atoms with Crippen molar-refractivity contribution in [2.24, 2.45) is 0 Å². The lowest BCUT2D eigenvalue weighted by molar-refractivity contribution is -0.123. The van der Waals surface area contributed by atoms with Gasteiger partial charge >= 0.3 is 0 Å². The summed E-state index contributed by atoms with van der Waals surface area (Å²) in [5, 5.41) is 21.4. The number of carbonyl (C=O) groups excluding carboxylic acids is 1. The molecule has 8 nitrogen and oxygen atoms in total. The van der Waals surface area contributed by atoms with Gasteiger partial charge in [0.1, 0.15) is 5.85 Å². The van der Waals surface area contributed by atoms with Crippen LogP contribution >= 0.6 is 7.37 Å². The van der Waals surface area contributed by atoms with Gasteiger partial charge in [-0.15, -0.1) is 0 Å². The highest BCUT2D eigenvalue weighted by atomic mass is 31.2. The molecule has 0 fully saturated rings.